The minimum atomic E-state index is 0.0941. The van der Waals surface area contributed by atoms with Crippen LogP contribution < -0.4 is 5.73 Å². The lowest BCUT2D eigenvalue weighted by molar-refractivity contribution is 0.703. The van der Waals surface area contributed by atoms with Crippen molar-refractivity contribution in [1.82, 2.24) is 4.98 Å². The highest BCUT2D eigenvalue weighted by Crippen LogP contribution is 2.25. The van der Waals surface area contributed by atoms with Crippen LogP contribution in [0.5, 0.6) is 0 Å². The smallest absolute Gasteiger partial charge is 0.0716 e. The molecule has 0 aliphatic rings. The van der Waals surface area contributed by atoms with Crippen molar-refractivity contribution in [3.8, 4) is 0 Å². The van der Waals surface area contributed by atoms with Crippen molar-refractivity contribution < 1.29 is 0 Å². The lowest BCUT2D eigenvalue weighted by Crippen LogP contribution is -2.09. The van der Waals surface area contributed by atoms with Crippen LogP contribution in [-0.4, -0.2) is 4.98 Å². The molecular weight excluding hydrogens is 252 g/mol. The van der Waals surface area contributed by atoms with Gasteiger partial charge in [-0.05, 0) is 30.2 Å². The van der Waals surface area contributed by atoms with Crippen LogP contribution in [0.2, 0.25) is 0 Å². The summed E-state index contributed by atoms with van der Waals surface area (Å²) in [5.74, 6) is 0. The summed E-state index contributed by atoms with van der Waals surface area (Å²) in [6, 6.07) is 8.20. The van der Waals surface area contributed by atoms with Gasteiger partial charge in [-0.25, -0.2) is 0 Å². The molecular formula is C12H13BrN2. The zero-order valence-corrected chi connectivity index (χ0v) is 10.2. The zero-order chi connectivity index (χ0) is 10.8. The summed E-state index contributed by atoms with van der Waals surface area (Å²) >= 11 is 3.44. The number of halogens is 1. The molecule has 0 amide bonds. The fraction of sp³-hybridized carbons (Fsp3) is 0.250. The van der Waals surface area contributed by atoms with Gasteiger partial charge in [0.2, 0.25) is 0 Å². The van der Waals surface area contributed by atoms with Gasteiger partial charge in [-0.15, -0.1) is 0 Å². The van der Waals surface area contributed by atoms with Gasteiger partial charge in [-0.1, -0.05) is 28.9 Å². The summed E-state index contributed by atoms with van der Waals surface area (Å²) in [5, 5.41) is 1.15. The van der Waals surface area contributed by atoms with Crippen LogP contribution in [0.3, 0.4) is 0 Å². The lowest BCUT2D eigenvalue weighted by Gasteiger charge is -2.11. The van der Waals surface area contributed by atoms with Crippen molar-refractivity contribution in [3.05, 3.63) is 40.5 Å². The molecule has 15 heavy (non-hydrogen) atoms. The van der Waals surface area contributed by atoms with Crippen LogP contribution in [0.1, 0.15) is 24.9 Å². The molecule has 0 aliphatic carbocycles. The number of benzene rings is 1. The molecule has 0 unspecified atom stereocenters. The SMILES string of the molecule is CC[C@H](N)c1ccnc2cc(Br)ccc12. The largest absolute Gasteiger partial charge is 0.324 e. The van der Waals surface area contributed by atoms with Gasteiger partial charge in [-0.2, -0.15) is 0 Å². The quantitative estimate of drug-likeness (QED) is 0.903. The Balaban J connectivity index is 2.66. The summed E-state index contributed by atoms with van der Waals surface area (Å²) in [6.07, 6.45) is 2.76. The summed E-state index contributed by atoms with van der Waals surface area (Å²) in [5.41, 5.74) is 8.23. The second kappa shape index (κ2) is 4.29. The van der Waals surface area contributed by atoms with E-state index in [-0.39, 0.29) is 6.04 Å². The van der Waals surface area contributed by atoms with E-state index in [1.54, 1.807) is 0 Å². The predicted octanol–water partition coefficient (Wildman–Crippen LogP) is 3.41. The van der Waals surface area contributed by atoms with Crippen molar-refractivity contribution in [2.45, 2.75) is 19.4 Å². The maximum atomic E-state index is 6.06. The molecule has 2 rings (SSSR count). The van der Waals surface area contributed by atoms with E-state index >= 15 is 0 Å². The van der Waals surface area contributed by atoms with Crippen LogP contribution in [0.4, 0.5) is 0 Å². The molecule has 3 heteroatoms. The number of hydrogen-bond donors (Lipinski definition) is 1. The molecule has 1 heterocycles. The normalized spacial score (nSPS) is 13.0. The van der Waals surface area contributed by atoms with Gasteiger partial charge in [0.25, 0.3) is 0 Å². The van der Waals surface area contributed by atoms with Crippen molar-refractivity contribution in [2.24, 2.45) is 5.73 Å². The molecule has 1 atom stereocenters. The molecule has 0 bridgehead atoms. The minimum absolute atomic E-state index is 0.0941. The first-order valence-corrected chi connectivity index (χ1v) is 5.81. The number of rotatable bonds is 2. The van der Waals surface area contributed by atoms with Gasteiger partial charge in [0.1, 0.15) is 0 Å². The molecule has 0 aliphatic heterocycles. The van der Waals surface area contributed by atoms with Crippen LogP contribution in [0.15, 0.2) is 34.9 Å². The Morgan fingerprint density at radius 1 is 1.40 bits per heavy atom. The number of pyridine rings is 1. The van der Waals surface area contributed by atoms with Crippen molar-refractivity contribution >= 4 is 26.8 Å². The summed E-state index contributed by atoms with van der Waals surface area (Å²) in [4.78, 5) is 4.33. The third-order valence-electron chi connectivity index (χ3n) is 2.58. The van der Waals surface area contributed by atoms with Crippen LogP contribution in [0.25, 0.3) is 10.9 Å². The molecule has 1 aromatic heterocycles. The second-order valence-corrected chi connectivity index (χ2v) is 4.49. The van der Waals surface area contributed by atoms with Gasteiger partial charge >= 0.3 is 0 Å². The van der Waals surface area contributed by atoms with Crippen LogP contribution in [0, 0.1) is 0 Å². The first-order chi connectivity index (χ1) is 7.22. The molecule has 0 radical (unpaired) electrons. The molecule has 2 aromatic rings. The minimum Gasteiger partial charge on any atom is -0.324 e. The predicted molar refractivity (Wildman–Crippen MR) is 66.7 cm³/mol. The van der Waals surface area contributed by atoms with Gasteiger partial charge in [-0.3, -0.25) is 4.98 Å². The van der Waals surface area contributed by atoms with E-state index < -0.39 is 0 Å². The van der Waals surface area contributed by atoms with Gasteiger partial charge in [0, 0.05) is 22.1 Å². The Hall–Kier alpha value is -0.930. The maximum Gasteiger partial charge on any atom is 0.0716 e. The van der Waals surface area contributed by atoms with Crippen molar-refractivity contribution in [3.63, 3.8) is 0 Å². The monoisotopic (exact) mass is 264 g/mol. The van der Waals surface area contributed by atoms with E-state index in [2.05, 4.69) is 33.9 Å². The van der Waals surface area contributed by atoms with Gasteiger partial charge < -0.3 is 5.73 Å². The first kappa shape index (κ1) is 10.6. The molecule has 78 valence electrons. The second-order valence-electron chi connectivity index (χ2n) is 3.58. The molecule has 1 aromatic carbocycles. The first-order valence-electron chi connectivity index (χ1n) is 5.02. The number of aromatic nitrogens is 1. The number of nitrogens with zero attached hydrogens (tertiary/aromatic N) is 1. The van der Waals surface area contributed by atoms with Gasteiger partial charge in [0.15, 0.2) is 0 Å². The number of fused-ring (bicyclic) bond motifs is 1. The number of nitrogens with two attached hydrogens (primary N) is 1. The van der Waals surface area contributed by atoms with Gasteiger partial charge in [0.05, 0.1) is 5.52 Å². The maximum absolute atomic E-state index is 6.06. The topological polar surface area (TPSA) is 38.9 Å². The summed E-state index contributed by atoms with van der Waals surface area (Å²) in [6.45, 7) is 2.09. The summed E-state index contributed by atoms with van der Waals surface area (Å²) in [7, 11) is 0. The summed E-state index contributed by atoms with van der Waals surface area (Å²) < 4.78 is 1.05. The average Bonchev–Trinajstić information content (AvgIpc) is 2.26. The van der Waals surface area contributed by atoms with Crippen LogP contribution >= 0.6 is 15.9 Å². The van der Waals surface area contributed by atoms with E-state index in [0.29, 0.717) is 0 Å². The highest BCUT2D eigenvalue weighted by molar-refractivity contribution is 9.10. The Labute approximate surface area is 97.6 Å². The Bertz CT molecular complexity index is 482. The average molecular weight is 265 g/mol. The highest BCUT2D eigenvalue weighted by Gasteiger charge is 2.08. The van der Waals surface area contributed by atoms with E-state index in [1.165, 1.54) is 5.56 Å². The van der Waals surface area contributed by atoms with Crippen LogP contribution in [-0.2, 0) is 0 Å². The lowest BCUT2D eigenvalue weighted by atomic mass is 10.0. The zero-order valence-electron chi connectivity index (χ0n) is 8.57. The Morgan fingerprint density at radius 3 is 2.93 bits per heavy atom. The standard InChI is InChI=1S/C12H13BrN2/c1-2-11(14)9-5-6-15-12-7-8(13)3-4-10(9)12/h3-7,11H,2,14H2,1H3/t11-/m0/s1. The van der Waals surface area contributed by atoms with Crippen molar-refractivity contribution in [1.29, 1.82) is 0 Å². The Kier molecular flexibility index (Phi) is 3.03. The molecule has 0 saturated heterocycles. The van der Waals surface area contributed by atoms with Crippen molar-refractivity contribution in [2.75, 3.05) is 0 Å². The van der Waals surface area contributed by atoms with E-state index in [4.69, 9.17) is 5.73 Å². The molecule has 0 fully saturated rings. The fourth-order valence-corrected chi connectivity index (χ4v) is 2.04. The number of hydrogen-bond acceptors (Lipinski definition) is 2. The molecule has 2 N–H and O–H groups in total. The van der Waals surface area contributed by atoms with E-state index in [9.17, 15) is 0 Å². The molecule has 0 spiro atoms. The van der Waals surface area contributed by atoms with E-state index in [1.807, 2.05) is 24.4 Å². The molecule has 2 nitrogen and oxygen atoms in total. The third kappa shape index (κ3) is 2.03. The third-order valence-corrected chi connectivity index (χ3v) is 3.07. The Morgan fingerprint density at radius 2 is 2.20 bits per heavy atom. The fourth-order valence-electron chi connectivity index (χ4n) is 1.69. The highest BCUT2D eigenvalue weighted by atomic mass is 79.9. The van der Waals surface area contributed by atoms with E-state index in [0.717, 1.165) is 21.8 Å². The molecule has 0 saturated carbocycles.